The summed E-state index contributed by atoms with van der Waals surface area (Å²) in [5.74, 6) is -0.570. The van der Waals surface area contributed by atoms with Crippen LogP contribution < -0.4 is 5.56 Å². The molecule has 12 heavy (non-hydrogen) atoms. The summed E-state index contributed by atoms with van der Waals surface area (Å²) in [7, 11) is 2.76. The number of methoxy groups -OCH3 is 1. The van der Waals surface area contributed by atoms with E-state index in [0.29, 0.717) is 0 Å². The summed E-state index contributed by atoms with van der Waals surface area (Å²) in [5, 5.41) is 2.55. The number of nitrogens with zero attached hydrogens (tertiary/aromatic N) is 1. The van der Waals surface area contributed by atoms with Crippen molar-refractivity contribution in [1.29, 1.82) is 0 Å². The standard InChI is InChI=1S/C6H7BrN2O3/c1-9-5(10)3(7)4(8-9)6(11)12-2/h8H,1-2H3. The van der Waals surface area contributed by atoms with E-state index in [4.69, 9.17) is 0 Å². The molecule has 5 nitrogen and oxygen atoms in total. The van der Waals surface area contributed by atoms with Crippen LogP contribution in [0.2, 0.25) is 0 Å². The Hall–Kier alpha value is -1.04. The minimum atomic E-state index is -0.570. The van der Waals surface area contributed by atoms with Crippen LogP contribution in [0.15, 0.2) is 9.27 Å². The maximum atomic E-state index is 11.1. The third-order valence-electron chi connectivity index (χ3n) is 1.38. The Balaban J connectivity index is 3.27. The van der Waals surface area contributed by atoms with Gasteiger partial charge in [-0.15, -0.1) is 0 Å². The number of aromatic nitrogens is 2. The molecule has 0 amide bonds. The fourth-order valence-corrected chi connectivity index (χ4v) is 1.28. The second-order valence-electron chi connectivity index (χ2n) is 2.16. The molecule has 0 radical (unpaired) electrons. The normalized spacial score (nSPS) is 9.92. The summed E-state index contributed by atoms with van der Waals surface area (Å²) in [5.41, 5.74) is -0.166. The first-order valence-corrected chi connectivity index (χ1v) is 3.90. The number of hydrogen-bond donors (Lipinski definition) is 1. The average molecular weight is 235 g/mol. The SMILES string of the molecule is COC(=O)c1[nH]n(C)c(=O)c1Br. The molecule has 0 aliphatic heterocycles. The largest absolute Gasteiger partial charge is 0.464 e. The molecule has 1 heterocycles. The van der Waals surface area contributed by atoms with Gasteiger partial charge in [-0.25, -0.2) is 4.79 Å². The number of aryl methyl sites for hydroxylation is 1. The van der Waals surface area contributed by atoms with Crippen LogP contribution in [-0.4, -0.2) is 22.9 Å². The number of ether oxygens (including phenoxy) is 1. The first kappa shape index (κ1) is 9.05. The van der Waals surface area contributed by atoms with Gasteiger partial charge in [0.05, 0.1) is 7.11 Å². The lowest BCUT2D eigenvalue weighted by Gasteiger charge is -1.93. The van der Waals surface area contributed by atoms with Crippen molar-refractivity contribution in [3.8, 4) is 0 Å². The molecule has 1 N–H and O–H groups in total. The zero-order chi connectivity index (χ0) is 9.30. The van der Waals surface area contributed by atoms with E-state index >= 15 is 0 Å². The van der Waals surface area contributed by atoms with Crippen LogP contribution in [0.25, 0.3) is 0 Å². The van der Waals surface area contributed by atoms with E-state index in [1.807, 2.05) is 0 Å². The Kier molecular flexibility index (Phi) is 2.37. The van der Waals surface area contributed by atoms with Crippen LogP contribution in [0.5, 0.6) is 0 Å². The summed E-state index contributed by atoms with van der Waals surface area (Å²) >= 11 is 2.98. The molecule has 0 spiro atoms. The quantitative estimate of drug-likeness (QED) is 0.710. The Morgan fingerprint density at radius 2 is 2.25 bits per heavy atom. The fraction of sp³-hybridized carbons (Fsp3) is 0.333. The van der Waals surface area contributed by atoms with E-state index < -0.39 is 5.97 Å². The summed E-state index contributed by atoms with van der Waals surface area (Å²) in [6.07, 6.45) is 0. The van der Waals surface area contributed by atoms with Crippen molar-refractivity contribution in [2.24, 2.45) is 7.05 Å². The number of halogens is 1. The van der Waals surface area contributed by atoms with E-state index in [1.54, 1.807) is 0 Å². The second-order valence-corrected chi connectivity index (χ2v) is 2.95. The summed E-state index contributed by atoms with van der Waals surface area (Å²) in [4.78, 5) is 22.1. The van der Waals surface area contributed by atoms with Crippen molar-refractivity contribution in [2.45, 2.75) is 0 Å². The predicted octanol–water partition coefficient (Wildman–Crippen LogP) is 0.262. The van der Waals surface area contributed by atoms with Crippen molar-refractivity contribution in [3.63, 3.8) is 0 Å². The summed E-state index contributed by atoms with van der Waals surface area (Å²) < 4.78 is 5.82. The van der Waals surface area contributed by atoms with Gasteiger partial charge in [0.15, 0.2) is 5.69 Å². The van der Waals surface area contributed by atoms with Gasteiger partial charge in [-0.3, -0.25) is 14.6 Å². The first-order valence-electron chi connectivity index (χ1n) is 3.10. The second kappa shape index (κ2) is 3.14. The van der Waals surface area contributed by atoms with Crippen LogP contribution >= 0.6 is 15.9 Å². The molecule has 0 bridgehead atoms. The van der Waals surface area contributed by atoms with E-state index in [1.165, 1.54) is 18.8 Å². The molecule has 66 valence electrons. The number of hydrogen-bond acceptors (Lipinski definition) is 3. The number of H-pyrrole nitrogens is 1. The van der Waals surface area contributed by atoms with Gasteiger partial charge in [0, 0.05) is 7.05 Å². The molecule has 0 unspecified atom stereocenters. The van der Waals surface area contributed by atoms with E-state index in [0.717, 1.165) is 0 Å². The van der Waals surface area contributed by atoms with E-state index in [9.17, 15) is 9.59 Å². The maximum Gasteiger partial charge on any atom is 0.357 e. The molecular weight excluding hydrogens is 228 g/mol. The van der Waals surface area contributed by atoms with Gasteiger partial charge in [-0.05, 0) is 15.9 Å². The molecule has 0 fully saturated rings. The van der Waals surface area contributed by atoms with Gasteiger partial charge >= 0.3 is 5.97 Å². The zero-order valence-electron chi connectivity index (χ0n) is 6.55. The van der Waals surface area contributed by atoms with Gasteiger partial charge < -0.3 is 4.74 Å². The molecule has 0 aliphatic rings. The molecular formula is C6H7BrN2O3. The Morgan fingerprint density at radius 1 is 1.67 bits per heavy atom. The molecule has 0 aromatic carbocycles. The molecule has 1 aromatic rings. The lowest BCUT2D eigenvalue weighted by atomic mass is 10.4. The van der Waals surface area contributed by atoms with Gasteiger partial charge in [-0.2, -0.15) is 0 Å². The topological polar surface area (TPSA) is 64.1 Å². The smallest absolute Gasteiger partial charge is 0.357 e. The highest BCUT2D eigenvalue weighted by Crippen LogP contribution is 2.09. The highest BCUT2D eigenvalue weighted by Gasteiger charge is 2.16. The Morgan fingerprint density at radius 3 is 2.58 bits per heavy atom. The van der Waals surface area contributed by atoms with E-state index in [-0.39, 0.29) is 15.7 Å². The average Bonchev–Trinajstić information content (AvgIpc) is 2.32. The van der Waals surface area contributed by atoms with Crippen molar-refractivity contribution in [1.82, 2.24) is 9.78 Å². The third kappa shape index (κ3) is 1.29. The minimum Gasteiger partial charge on any atom is -0.464 e. The summed E-state index contributed by atoms with van der Waals surface area (Å²) in [6, 6.07) is 0. The monoisotopic (exact) mass is 234 g/mol. The lowest BCUT2D eigenvalue weighted by molar-refractivity contribution is 0.0592. The number of rotatable bonds is 1. The van der Waals surface area contributed by atoms with E-state index in [2.05, 4.69) is 25.8 Å². The van der Waals surface area contributed by atoms with Crippen molar-refractivity contribution >= 4 is 21.9 Å². The predicted molar refractivity (Wildman–Crippen MR) is 45.1 cm³/mol. The van der Waals surface area contributed by atoms with Crippen LogP contribution in [0.1, 0.15) is 10.5 Å². The van der Waals surface area contributed by atoms with Crippen molar-refractivity contribution in [2.75, 3.05) is 7.11 Å². The molecule has 1 rings (SSSR count). The lowest BCUT2D eigenvalue weighted by Crippen LogP contribution is -2.11. The highest BCUT2D eigenvalue weighted by atomic mass is 79.9. The van der Waals surface area contributed by atoms with Gasteiger partial charge in [0.2, 0.25) is 0 Å². The van der Waals surface area contributed by atoms with Crippen molar-refractivity contribution in [3.05, 3.63) is 20.5 Å². The Labute approximate surface area is 76.4 Å². The minimum absolute atomic E-state index is 0.130. The number of nitrogens with one attached hydrogen (secondary N) is 1. The number of carbonyl (C=O) groups is 1. The van der Waals surface area contributed by atoms with Crippen LogP contribution in [0.3, 0.4) is 0 Å². The molecule has 0 saturated carbocycles. The number of esters is 1. The van der Waals surface area contributed by atoms with Crippen LogP contribution in [0.4, 0.5) is 0 Å². The molecule has 1 aromatic heterocycles. The van der Waals surface area contributed by atoms with Gasteiger partial charge in [0.25, 0.3) is 5.56 Å². The molecule has 0 atom stereocenters. The number of aromatic amines is 1. The first-order chi connectivity index (χ1) is 5.57. The van der Waals surface area contributed by atoms with Crippen LogP contribution in [-0.2, 0) is 11.8 Å². The number of carbonyl (C=O) groups excluding carboxylic acids is 1. The van der Waals surface area contributed by atoms with Crippen molar-refractivity contribution < 1.29 is 9.53 Å². The Bertz CT molecular complexity index is 365. The molecule has 0 aliphatic carbocycles. The summed E-state index contributed by atoms with van der Waals surface area (Å²) in [6.45, 7) is 0. The van der Waals surface area contributed by atoms with Crippen LogP contribution in [0, 0.1) is 0 Å². The highest BCUT2D eigenvalue weighted by molar-refractivity contribution is 9.10. The fourth-order valence-electron chi connectivity index (χ4n) is 0.759. The van der Waals surface area contributed by atoms with Gasteiger partial charge in [-0.1, -0.05) is 0 Å². The third-order valence-corrected chi connectivity index (χ3v) is 2.12. The maximum absolute atomic E-state index is 11.1. The molecule has 6 heteroatoms. The molecule has 0 saturated heterocycles. The zero-order valence-corrected chi connectivity index (χ0v) is 8.14. The van der Waals surface area contributed by atoms with Gasteiger partial charge in [0.1, 0.15) is 4.47 Å².